The summed E-state index contributed by atoms with van der Waals surface area (Å²) < 4.78 is 3.82. The lowest BCUT2D eigenvalue weighted by Gasteiger charge is -2.34. The number of carbonyl (C=O) groups is 1. The second-order valence-electron chi connectivity index (χ2n) is 8.41. The van der Waals surface area contributed by atoms with Crippen LogP contribution in [0.2, 0.25) is 0 Å². The summed E-state index contributed by atoms with van der Waals surface area (Å²) in [5.41, 5.74) is 4.32. The molecule has 1 aliphatic rings. The van der Waals surface area contributed by atoms with Gasteiger partial charge in [0, 0.05) is 45.1 Å². The molecule has 0 saturated carbocycles. The number of piperazine rings is 1. The van der Waals surface area contributed by atoms with E-state index < -0.39 is 0 Å². The molecule has 0 unspecified atom stereocenters. The smallest absolute Gasteiger partial charge is 0.272 e. The molecule has 6 rings (SSSR count). The molecule has 4 aromatic heterocycles. The maximum Gasteiger partial charge on any atom is 0.272 e. The van der Waals surface area contributed by atoms with Crippen molar-refractivity contribution < 1.29 is 4.79 Å². The summed E-state index contributed by atoms with van der Waals surface area (Å²) in [5.74, 6) is 0.0199. The van der Waals surface area contributed by atoms with Gasteiger partial charge in [-0.05, 0) is 41.8 Å². The monoisotopic (exact) mass is 468 g/mol. The molecule has 0 N–H and O–H groups in total. The maximum absolute atomic E-state index is 13.6. The molecule has 0 atom stereocenters. The number of pyridine rings is 1. The van der Waals surface area contributed by atoms with Crippen molar-refractivity contribution in [2.24, 2.45) is 0 Å². The van der Waals surface area contributed by atoms with E-state index in [9.17, 15) is 4.79 Å². The fourth-order valence-corrected chi connectivity index (χ4v) is 5.09. The summed E-state index contributed by atoms with van der Waals surface area (Å²) in [6.07, 6.45) is 4.10. The highest BCUT2D eigenvalue weighted by molar-refractivity contribution is 7.13. The number of fused-ring (bicyclic) bond motifs is 1. The highest BCUT2D eigenvalue weighted by Gasteiger charge is 2.26. The fraction of sp³-hybridized carbons (Fsp3) is 0.192. The van der Waals surface area contributed by atoms with E-state index in [1.54, 1.807) is 16.0 Å². The second kappa shape index (κ2) is 8.89. The summed E-state index contributed by atoms with van der Waals surface area (Å²) >= 11 is 1.63. The highest BCUT2D eigenvalue weighted by Crippen LogP contribution is 2.26. The molecule has 0 spiro atoms. The number of rotatable bonds is 5. The van der Waals surface area contributed by atoms with E-state index in [0.29, 0.717) is 18.8 Å². The third-order valence-corrected chi connectivity index (χ3v) is 7.05. The molecule has 1 aromatic carbocycles. The molecule has 1 fully saturated rings. The Morgan fingerprint density at radius 1 is 0.941 bits per heavy atom. The van der Waals surface area contributed by atoms with Gasteiger partial charge in [0.2, 0.25) is 0 Å². The molecule has 1 saturated heterocycles. The van der Waals surface area contributed by atoms with Gasteiger partial charge in [-0.15, -0.1) is 11.3 Å². The third kappa shape index (κ3) is 4.02. The Morgan fingerprint density at radius 2 is 1.76 bits per heavy atom. The van der Waals surface area contributed by atoms with E-state index in [1.165, 1.54) is 0 Å². The number of aromatic nitrogens is 4. The van der Waals surface area contributed by atoms with Crippen molar-refractivity contribution in [1.82, 2.24) is 29.0 Å². The number of nitrogens with zero attached hydrogens (tertiary/aromatic N) is 6. The Kier molecular flexibility index (Phi) is 5.44. The molecule has 1 amide bonds. The van der Waals surface area contributed by atoms with Gasteiger partial charge in [0.05, 0.1) is 16.3 Å². The van der Waals surface area contributed by atoms with E-state index in [1.807, 2.05) is 87.6 Å². The van der Waals surface area contributed by atoms with Gasteiger partial charge in [0.1, 0.15) is 17.0 Å². The molecular formula is C26H24N6OS. The van der Waals surface area contributed by atoms with Crippen molar-refractivity contribution in [2.45, 2.75) is 6.54 Å². The van der Waals surface area contributed by atoms with Gasteiger partial charge >= 0.3 is 0 Å². The van der Waals surface area contributed by atoms with Crippen LogP contribution < -0.4 is 0 Å². The van der Waals surface area contributed by atoms with Crippen LogP contribution in [0, 0.1) is 0 Å². The van der Waals surface area contributed by atoms with E-state index >= 15 is 0 Å². The predicted molar refractivity (Wildman–Crippen MR) is 133 cm³/mol. The zero-order valence-corrected chi connectivity index (χ0v) is 19.4. The topological polar surface area (TPSA) is 58.7 Å². The molecule has 5 heterocycles. The van der Waals surface area contributed by atoms with Gasteiger partial charge in [0.25, 0.3) is 5.91 Å². The second-order valence-corrected chi connectivity index (χ2v) is 9.35. The minimum absolute atomic E-state index is 0.0199. The number of carbonyl (C=O) groups excluding carboxylic acids is 1. The average molecular weight is 469 g/mol. The quantitative estimate of drug-likeness (QED) is 0.388. The SMILES string of the molecule is O=C(c1cc(-c2cccs2)nn1-c1ccccc1)N1CCN(Cc2cn3ccccc3n2)CC1. The van der Waals surface area contributed by atoms with Crippen molar-refractivity contribution in [2.75, 3.05) is 26.2 Å². The van der Waals surface area contributed by atoms with Gasteiger partial charge in [-0.3, -0.25) is 9.69 Å². The van der Waals surface area contributed by atoms with Gasteiger partial charge in [-0.25, -0.2) is 9.67 Å². The third-order valence-electron chi connectivity index (χ3n) is 6.16. The zero-order valence-electron chi connectivity index (χ0n) is 18.6. The molecule has 7 nitrogen and oxygen atoms in total. The summed E-state index contributed by atoms with van der Waals surface area (Å²) in [7, 11) is 0. The first-order chi connectivity index (χ1) is 16.7. The summed E-state index contributed by atoms with van der Waals surface area (Å²) in [6, 6.07) is 21.8. The average Bonchev–Trinajstić information content (AvgIpc) is 3.64. The Labute approximate surface area is 201 Å². The van der Waals surface area contributed by atoms with Crippen molar-refractivity contribution >= 4 is 22.9 Å². The first-order valence-electron chi connectivity index (χ1n) is 11.4. The van der Waals surface area contributed by atoms with Crippen molar-refractivity contribution in [3.63, 3.8) is 0 Å². The van der Waals surface area contributed by atoms with Crippen LogP contribution in [-0.4, -0.2) is 61.1 Å². The molecule has 0 aliphatic carbocycles. The van der Waals surface area contributed by atoms with Gasteiger partial charge < -0.3 is 9.30 Å². The van der Waals surface area contributed by atoms with Crippen LogP contribution in [0.15, 0.2) is 84.5 Å². The number of hydrogen-bond acceptors (Lipinski definition) is 5. The van der Waals surface area contributed by atoms with Crippen LogP contribution in [0.4, 0.5) is 0 Å². The van der Waals surface area contributed by atoms with E-state index in [-0.39, 0.29) is 5.91 Å². The van der Waals surface area contributed by atoms with Crippen LogP contribution in [0.1, 0.15) is 16.2 Å². The Hall–Kier alpha value is -3.75. The fourth-order valence-electron chi connectivity index (χ4n) is 4.41. The minimum atomic E-state index is 0.0199. The number of hydrogen-bond donors (Lipinski definition) is 0. The number of para-hydroxylation sites is 1. The highest BCUT2D eigenvalue weighted by atomic mass is 32.1. The van der Waals surface area contributed by atoms with E-state index in [0.717, 1.165) is 47.2 Å². The summed E-state index contributed by atoms with van der Waals surface area (Å²) in [5, 5.41) is 6.82. The lowest BCUT2D eigenvalue weighted by atomic mass is 10.2. The van der Waals surface area contributed by atoms with Crippen LogP contribution >= 0.6 is 11.3 Å². The van der Waals surface area contributed by atoms with E-state index in [2.05, 4.69) is 11.1 Å². The van der Waals surface area contributed by atoms with Gasteiger partial charge in [-0.1, -0.05) is 30.3 Å². The largest absolute Gasteiger partial charge is 0.335 e. The molecule has 0 bridgehead atoms. The number of benzene rings is 1. The number of thiophene rings is 1. The zero-order chi connectivity index (χ0) is 22.9. The van der Waals surface area contributed by atoms with Crippen molar-refractivity contribution in [1.29, 1.82) is 0 Å². The summed E-state index contributed by atoms with van der Waals surface area (Å²) in [4.78, 5) is 23.7. The summed E-state index contributed by atoms with van der Waals surface area (Å²) in [6.45, 7) is 3.78. The Balaban J connectivity index is 1.19. The van der Waals surface area contributed by atoms with Crippen LogP contribution in [-0.2, 0) is 6.54 Å². The standard InChI is InChI=1S/C26H24N6OS/c33-26(23-17-22(24-9-6-16-34-24)28-32(23)21-7-2-1-3-8-21)30-14-12-29(13-15-30)18-20-19-31-11-5-4-10-25(31)27-20/h1-11,16-17,19H,12-15,18H2. The van der Waals surface area contributed by atoms with Crippen molar-refractivity contribution in [3.8, 4) is 16.3 Å². The lowest BCUT2D eigenvalue weighted by molar-refractivity contribution is 0.0618. The Morgan fingerprint density at radius 3 is 2.53 bits per heavy atom. The predicted octanol–water partition coefficient (Wildman–Crippen LogP) is 4.21. The minimum Gasteiger partial charge on any atom is -0.335 e. The van der Waals surface area contributed by atoms with Gasteiger partial charge in [-0.2, -0.15) is 5.10 Å². The van der Waals surface area contributed by atoms with Crippen LogP contribution in [0.5, 0.6) is 0 Å². The lowest BCUT2D eigenvalue weighted by Crippen LogP contribution is -2.48. The molecule has 0 radical (unpaired) electrons. The first-order valence-corrected chi connectivity index (χ1v) is 12.3. The molecule has 170 valence electrons. The molecule has 5 aromatic rings. The van der Waals surface area contributed by atoms with Gasteiger partial charge in [0.15, 0.2) is 0 Å². The number of imidazole rings is 1. The molecule has 34 heavy (non-hydrogen) atoms. The molecular weight excluding hydrogens is 444 g/mol. The normalized spacial score (nSPS) is 14.6. The Bertz CT molecular complexity index is 1380. The van der Waals surface area contributed by atoms with Crippen molar-refractivity contribution in [3.05, 3.63) is 95.9 Å². The molecule has 8 heteroatoms. The number of amides is 1. The molecule has 1 aliphatic heterocycles. The first kappa shape index (κ1) is 20.8. The van der Waals surface area contributed by atoms with Crippen LogP contribution in [0.25, 0.3) is 21.9 Å². The van der Waals surface area contributed by atoms with Crippen LogP contribution in [0.3, 0.4) is 0 Å². The van der Waals surface area contributed by atoms with E-state index in [4.69, 9.17) is 10.1 Å². The maximum atomic E-state index is 13.6.